The molecular weight excluding hydrogens is 332 g/mol. The minimum Gasteiger partial charge on any atom is -0.378 e. The van der Waals surface area contributed by atoms with E-state index in [1.807, 2.05) is 12.1 Å². The molecule has 0 bridgehead atoms. The Kier molecular flexibility index (Phi) is 3.81. The number of anilines is 1. The molecule has 5 nitrogen and oxygen atoms in total. The zero-order chi connectivity index (χ0) is 13.2. The fourth-order valence-electron chi connectivity index (χ4n) is 2.10. The Hall–Kier alpha value is -0.980. The lowest BCUT2D eigenvalue weighted by molar-refractivity contribution is 0.122. The molecule has 0 N–H and O–H groups in total. The summed E-state index contributed by atoms with van der Waals surface area (Å²) in [4.78, 5) is 15.2. The van der Waals surface area contributed by atoms with Gasteiger partial charge in [-0.05, 0) is 23.7 Å². The number of halogens is 2. The van der Waals surface area contributed by atoms with Crippen LogP contribution in [0.4, 0.5) is 5.82 Å². The maximum absolute atomic E-state index is 6.01. The number of pyridine rings is 1. The van der Waals surface area contributed by atoms with Crippen molar-refractivity contribution in [2.75, 3.05) is 31.2 Å². The SMILES string of the molecule is Clc1nc(N2CCOCC2)c2ccc(CBr)nc2n1. The van der Waals surface area contributed by atoms with Crippen molar-refractivity contribution in [3.05, 3.63) is 23.1 Å². The topological polar surface area (TPSA) is 51.1 Å². The number of nitrogens with zero attached hydrogens (tertiary/aromatic N) is 4. The van der Waals surface area contributed by atoms with Crippen LogP contribution in [0, 0.1) is 0 Å². The normalized spacial score (nSPS) is 16.0. The van der Waals surface area contributed by atoms with E-state index in [0.717, 1.165) is 30.0 Å². The minimum atomic E-state index is 0.230. The molecule has 1 fully saturated rings. The Labute approximate surface area is 124 Å². The minimum absolute atomic E-state index is 0.230. The van der Waals surface area contributed by atoms with Crippen molar-refractivity contribution < 1.29 is 4.74 Å². The first-order chi connectivity index (χ1) is 9.28. The van der Waals surface area contributed by atoms with Gasteiger partial charge in [0.15, 0.2) is 5.65 Å². The average molecular weight is 344 g/mol. The molecule has 1 aliphatic heterocycles. The van der Waals surface area contributed by atoms with Crippen LogP contribution in [0.15, 0.2) is 12.1 Å². The Balaban J connectivity index is 2.11. The van der Waals surface area contributed by atoms with Gasteiger partial charge in [-0.2, -0.15) is 9.97 Å². The van der Waals surface area contributed by atoms with Crippen LogP contribution in [0.1, 0.15) is 5.69 Å². The van der Waals surface area contributed by atoms with Gasteiger partial charge in [0.25, 0.3) is 0 Å². The average Bonchev–Trinajstić information content (AvgIpc) is 2.46. The number of aromatic nitrogens is 3. The predicted molar refractivity (Wildman–Crippen MR) is 78.0 cm³/mol. The Bertz CT molecular complexity index is 604. The first-order valence-electron chi connectivity index (χ1n) is 6.00. The highest BCUT2D eigenvalue weighted by atomic mass is 79.9. The number of hydrogen-bond acceptors (Lipinski definition) is 5. The summed E-state index contributed by atoms with van der Waals surface area (Å²) in [5.41, 5.74) is 1.56. The van der Waals surface area contributed by atoms with Crippen molar-refractivity contribution in [1.29, 1.82) is 0 Å². The molecule has 0 radical (unpaired) electrons. The van der Waals surface area contributed by atoms with Crippen molar-refractivity contribution in [1.82, 2.24) is 15.0 Å². The molecule has 0 saturated carbocycles. The number of fused-ring (bicyclic) bond motifs is 1. The number of hydrogen-bond donors (Lipinski definition) is 0. The summed E-state index contributed by atoms with van der Waals surface area (Å²) >= 11 is 9.40. The molecule has 1 saturated heterocycles. The summed E-state index contributed by atoms with van der Waals surface area (Å²) in [6, 6.07) is 3.97. The lowest BCUT2D eigenvalue weighted by Gasteiger charge is -2.28. The summed E-state index contributed by atoms with van der Waals surface area (Å²) in [5, 5.41) is 1.85. The molecule has 1 aliphatic rings. The number of alkyl halides is 1. The second-order valence-electron chi connectivity index (χ2n) is 4.22. The van der Waals surface area contributed by atoms with Crippen LogP contribution in [-0.4, -0.2) is 41.3 Å². The van der Waals surface area contributed by atoms with Gasteiger partial charge in [0.05, 0.1) is 24.3 Å². The highest BCUT2D eigenvalue weighted by Gasteiger charge is 2.17. The van der Waals surface area contributed by atoms with Crippen LogP contribution in [0.25, 0.3) is 11.0 Å². The fourth-order valence-corrected chi connectivity index (χ4v) is 2.57. The molecule has 0 aliphatic carbocycles. The third-order valence-electron chi connectivity index (χ3n) is 3.02. The van der Waals surface area contributed by atoms with Gasteiger partial charge < -0.3 is 9.64 Å². The molecule has 7 heteroatoms. The van der Waals surface area contributed by atoms with Crippen LogP contribution < -0.4 is 4.90 Å². The Morgan fingerprint density at radius 2 is 2.00 bits per heavy atom. The molecule has 100 valence electrons. The summed E-state index contributed by atoms with van der Waals surface area (Å²) in [6.45, 7) is 3.03. The lowest BCUT2D eigenvalue weighted by Crippen LogP contribution is -2.37. The Morgan fingerprint density at radius 1 is 1.21 bits per heavy atom. The van der Waals surface area contributed by atoms with E-state index in [1.54, 1.807) is 0 Å². The Morgan fingerprint density at radius 3 is 2.74 bits per heavy atom. The highest BCUT2D eigenvalue weighted by molar-refractivity contribution is 9.08. The van der Waals surface area contributed by atoms with E-state index in [4.69, 9.17) is 16.3 Å². The van der Waals surface area contributed by atoms with E-state index < -0.39 is 0 Å². The van der Waals surface area contributed by atoms with Crippen molar-refractivity contribution >= 4 is 44.4 Å². The van der Waals surface area contributed by atoms with Crippen LogP contribution >= 0.6 is 27.5 Å². The molecule has 0 atom stereocenters. The lowest BCUT2D eigenvalue weighted by atomic mass is 10.2. The van der Waals surface area contributed by atoms with Crippen molar-refractivity contribution in [2.45, 2.75) is 5.33 Å². The molecule has 2 aromatic heterocycles. The maximum atomic E-state index is 6.01. The third kappa shape index (κ3) is 2.66. The van der Waals surface area contributed by atoms with Gasteiger partial charge in [0.2, 0.25) is 5.28 Å². The number of rotatable bonds is 2. The third-order valence-corrected chi connectivity index (χ3v) is 3.76. The first-order valence-corrected chi connectivity index (χ1v) is 7.49. The van der Waals surface area contributed by atoms with Gasteiger partial charge in [-0.15, -0.1) is 0 Å². The second kappa shape index (κ2) is 5.56. The zero-order valence-corrected chi connectivity index (χ0v) is 12.5. The van der Waals surface area contributed by atoms with Crippen molar-refractivity contribution in [2.24, 2.45) is 0 Å². The smallest absolute Gasteiger partial charge is 0.226 e. The first kappa shape index (κ1) is 13.0. The maximum Gasteiger partial charge on any atom is 0.226 e. The molecule has 0 amide bonds. The van der Waals surface area contributed by atoms with E-state index in [9.17, 15) is 0 Å². The molecular formula is C12H12BrClN4O. The predicted octanol–water partition coefficient (Wildman–Crippen LogP) is 2.41. The van der Waals surface area contributed by atoms with Gasteiger partial charge in [-0.25, -0.2) is 4.98 Å². The molecule has 3 rings (SSSR count). The van der Waals surface area contributed by atoms with Gasteiger partial charge >= 0.3 is 0 Å². The molecule has 2 aromatic rings. The van der Waals surface area contributed by atoms with Crippen molar-refractivity contribution in [3.8, 4) is 0 Å². The monoisotopic (exact) mass is 342 g/mol. The molecule has 0 aromatic carbocycles. The highest BCUT2D eigenvalue weighted by Crippen LogP contribution is 2.25. The summed E-state index contributed by atoms with van der Waals surface area (Å²) in [7, 11) is 0. The summed E-state index contributed by atoms with van der Waals surface area (Å²) in [5.74, 6) is 0.840. The van der Waals surface area contributed by atoms with Crippen LogP contribution in [-0.2, 0) is 10.1 Å². The van der Waals surface area contributed by atoms with E-state index >= 15 is 0 Å². The van der Waals surface area contributed by atoms with E-state index in [0.29, 0.717) is 24.2 Å². The molecule has 0 unspecified atom stereocenters. The van der Waals surface area contributed by atoms with Crippen LogP contribution in [0.5, 0.6) is 0 Å². The van der Waals surface area contributed by atoms with Crippen LogP contribution in [0.3, 0.4) is 0 Å². The molecule has 19 heavy (non-hydrogen) atoms. The molecule has 3 heterocycles. The van der Waals surface area contributed by atoms with Crippen LogP contribution in [0.2, 0.25) is 5.28 Å². The van der Waals surface area contributed by atoms with E-state index in [1.165, 1.54) is 0 Å². The largest absolute Gasteiger partial charge is 0.378 e. The van der Waals surface area contributed by atoms with Gasteiger partial charge in [-0.3, -0.25) is 0 Å². The second-order valence-corrected chi connectivity index (χ2v) is 5.12. The fraction of sp³-hybridized carbons (Fsp3) is 0.417. The van der Waals surface area contributed by atoms with Crippen molar-refractivity contribution in [3.63, 3.8) is 0 Å². The standard InChI is InChI=1S/C12H12BrClN4O/c13-7-8-1-2-9-10(15-8)16-12(14)17-11(9)18-3-5-19-6-4-18/h1-2H,3-7H2. The number of ether oxygens (including phenoxy) is 1. The molecule has 0 spiro atoms. The van der Waals surface area contributed by atoms with Gasteiger partial charge in [0, 0.05) is 18.4 Å². The zero-order valence-electron chi connectivity index (χ0n) is 10.1. The van der Waals surface area contributed by atoms with Gasteiger partial charge in [-0.1, -0.05) is 15.9 Å². The number of morpholine rings is 1. The van der Waals surface area contributed by atoms with E-state index in [2.05, 4.69) is 35.8 Å². The van der Waals surface area contributed by atoms with Gasteiger partial charge in [0.1, 0.15) is 5.82 Å². The quantitative estimate of drug-likeness (QED) is 0.619. The van der Waals surface area contributed by atoms with E-state index in [-0.39, 0.29) is 5.28 Å². The summed E-state index contributed by atoms with van der Waals surface area (Å²) in [6.07, 6.45) is 0. The summed E-state index contributed by atoms with van der Waals surface area (Å²) < 4.78 is 5.36.